The normalized spacial score (nSPS) is 10.6. The van der Waals surface area contributed by atoms with Gasteiger partial charge in [-0.1, -0.05) is 36.4 Å². The van der Waals surface area contributed by atoms with Crippen molar-refractivity contribution in [1.82, 2.24) is 9.78 Å². The number of rotatable bonds is 2. The number of nitrogens with zero attached hydrogens (tertiary/aromatic N) is 2. The third-order valence-corrected chi connectivity index (χ3v) is 2.97. The second-order valence-electron chi connectivity index (χ2n) is 4.10. The summed E-state index contributed by atoms with van der Waals surface area (Å²) < 4.78 is 6.53. The third-order valence-electron chi connectivity index (χ3n) is 2.97. The lowest BCUT2D eigenvalue weighted by Gasteiger charge is -2.01. The van der Waals surface area contributed by atoms with Crippen molar-refractivity contribution in [2.24, 2.45) is 0 Å². The molecule has 0 fully saturated rings. The highest BCUT2D eigenvalue weighted by Gasteiger charge is 2.17. The molecular weight excluding hydrogens is 240 g/mol. The number of esters is 1. The number of fused-ring (bicyclic) bond motifs is 1. The van der Waals surface area contributed by atoms with Gasteiger partial charge >= 0.3 is 5.97 Å². The van der Waals surface area contributed by atoms with Gasteiger partial charge in [0.1, 0.15) is 0 Å². The lowest BCUT2D eigenvalue weighted by Crippen LogP contribution is -2.04. The van der Waals surface area contributed by atoms with Crippen LogP contribution < -0.4 is 0 Å². The van der Waals surface area contributed by atoms with Crippen LogP contribution in [0.4, 0.5) is 0 Å². The van der Waals surface area contributed by atoms with Gasteiger partial charge in [-0.2, -0.15) is 5.10 Å². The number of para-hydroxylation sites is 2. The number of hydrogen-bond donors (Lipinski definition) is 0. The van der Waals surface area contributed by atoms with Crippen molar-refractivity contribution < 1.29 is 9.53 Å². The third kappa shape index (κ3) is 1.87. The number of ether oxygens (including phenoxy) is 1. The summed E-state index contributed by atoms with van der Waals surface area (Å²) >= 11 is 0. The highest BCUT2D eigenvalue weighted by atomic mass is 16.5. The molecule has 19 heavy (non-hydrogen) atoms. The molecule has 94 valence electrons. The molecule has 0 radical (unpaired) electrons. The molecule has 0 amide bonds. The molecule has 0 spiro atoms. The van der Waals surface area contributed by atoms with Crippen LogP contribution in [0.1, 0.15) is 10.5 Å². The Kier molecular flexibility index (Phi) is 2.76. The Morgan fingerprint density at radius 1 is 1.05 bits per heavy atom. The van der Waals surface area contributed by atoms with Crippen LogP contribution in [0.3, 0.4) is 0 Å². The van der Waals surface area contributed by atoms with Crippen LogP contribution in [-0.2, 0) is 4.74 Å². The number of methoxy groups -OCH3 is 1. The van der Waals surface area contributed by atoms with Gasteiger partial charge in [0.25, 0.3) is 0 Å². The van der Waals surface area contributed by atoms with Crippen LogP contribution in [0.25, 0.3) is 16.6 Å². The van der Waals surface area contributed by atoms with Crippen LogP contribution in [0.2, 0.25) is 0 Å². The van der Waals surface area contributed by atoms with E-state index in [4.69, 9.17) is 4.74 Å². The molecule has 0 saturated heterocycles. The minimum atomic E-state index is -0.425. The molecule has 0 bridgehead atoms. The Labute approximate surface area is 110 Å². The van der Waals surface area contributed by atoms with E-state index in [-0.39, 0.29) is 0 Å². The van der Waals surface area contributed by atoms with Gasteiger partial charge in [-0.3, -0.25) is 0 Å². The number of carbonyl (C=O) groups excluding carboxylic acids is 1. The van der Waals surface area contributed by atoms with E-state index in [2.05, 4.69) is 5.10 Å². The Morgan fingerprint density at radius 2 is 1.74 bits per heavy atom. The lowest BCUT2D eigenvalue weighted by atomic mass is 10.2. The largest absolute Gasteiger partial charge is 0.464 e. The highest BCUT2D eigenvalue weighted by molar-refractivity contribution is 6.02. The molecule has 0 aliphatic carbocycles. The smallest absolute Gasteiger partial charge is 0.359 e. The van der Waals surface area contributed by atoms with Crippen molar-refractivity contribution in [2.75, 3.05) is 7.11 Å². The molecule has 0 atom stereocenters. The minimum absolute atomic E-state index is 0.335. The summed E-state index contributed by atoms with van der Waals surface area (Å²) in [5.74, 6) is -0.425. The summed E-state index contributed by atoms with van der Waals surface area (Å²) in [5.41, 5.74) is 2.13. The average molecular weight is 252 g/mol. The Morgan fingerprint density at radius 3 is 2.47 bits per heavy atom. The van der Waals surface area contributed by atoms with Gasteiger partial charge in [-0.25, -0.2) is 9.48 Å². The second-order valence-corrected chi connectivity index (χ2v) is 4.10. The number of benzene rings is 2. The molecular formula is C15H12N2O2. The predicted molar refractivity (Wildman–Crippen MR) is 72.4 cm³/mol. The van der Waals surface area contributed by atoms with E-state index < -0.39 is 5.97 Å². The first-order valence-corrected chi connectivity index (χ1v) is 5.93. The number of hydrogen-bond acceptors (Lipinski definition) is 3. The number of aromatic nitrogens is 2. The predicted octanol–water partition coefficient (Wildman–Crippen LogP) is 2.81. The SMILES string of the molecule is COC(=O)c1nn(-c2ccccc2)c2ccccc12. The maximum atomic E-state index is 11.8. The van der Waals surface area contributed by atoms with Crippen LogP contribution >= 0.6 is 0 Å². The van der Waals surface area contributed by atoms with Crippen LogP contribution in [0, 0.1) is 0 Å². The summed E-state index contributed by atoms with van der Waals surface area (Å²) in [6, 6.07) is 17.3. The average Bonchev–Trinajstić information content (AvgIpc) is 2.87. The van der Waals surface area contributed by atoms with Crippen LogP contribution in [0.5, 0.6) is 0 Å². The van der Waals surface area contributed by atoms with E-state index in [1.54, 1.807) is 4.68 Å². The fourth-order valence-electron chi connectivity index (χ4n) is 2.08. The molecule has 4 nitrogen and oxygen atoms in total. The molecule has 1 aromatic heterocycles. The quantitative estimate of drug-likeness (QED) is 0.659. The summed E-state index contributed by atoms with van der Waals surface area (Å²) in [6.07, 6.45) is 0. The first kappa shape index (κ1) is 11.5. The summed E-state index contributed by atoms with van der Waals surface area (Å²) in [6.45, 7) is 0. The molecule has 0 aliphatic heterocycles. The lowest BCUT2D eigenvalue weighted by molar-refractivity contribution is 0.0595. The first-order valence-electron chi connectivity index (χ1n) is 5.93. The fraction of sp³-hybridized carbons (Fsp3) is 0.0667. The Hall–Kier alpha value is -2.62. The molecule has 3 aromatic rings. The van der Waals surface area contributed by atoms with Gasteiger partial charge in [-0.05, 0) is 18.2 Å². The van der Waals surface area contributed by atoms with E-state index in [0.29, 0.717) is 5.69 Å². The topological polar surface area (TPSA) is 44.1 Å². The van der Waals surface area contributed by atoms with E-state index in [1.807, 2.05) is 54.6 Å². The molecule has 4 heteroatoms. The van der Waals surface area contributed by atoms with Crippen molar-refractivity contribution in [3.8, 4) is 5.69 Å². The van der Waals surface area contributed by atoms with E-state index in [0.717, 1.165) is 16.6 Å². The van der Waals surface area contributed by atoms with Crippen molar-refractivity contribution >= 4 is 16.9 Å². The van der Waals surface area contributed by atoms with Crippen molar-refractivity contribution in [3.63, 3.8) is 0 Å². The first-order chi connectivity index (χ1) is 9.31. The molecule has 0 saturated carbocycles. The molecule has 1 heterocycles. The molecule has 0 unspecified atom stereocenters. The molecule has 0 aliphatic rings. The molecule has 0 N–H and O–H groups in total. The maximum Gasteiger partial charge on any atom is 0.359 e. The Bertz CT molecular complexity index is 732. The van der Waals surface area contributed by atoms with Gasteiger partial charge < -0.3 is 4.74 Å². The summed E-state index contributed by atoms with van der Waals surface area (Å²) in [5, 5.41) is 5.16. The highest BCUT2D eigenvalue weighted by Crippen LogP contribution is 2.22. The summed E-state index contributed by atoms with van der Waals surface area (Å²) in [4.78, 5) is 11.8. The van der Waals surface area contributed by atoms with E-state index >= 15 is 0 Å². The summed E-state index contributed by atoms with van der Waals surface area (Å²) in [7, 11) is 1.36. The number of carbonyl (C=O) groups is 1. The molecule has 2 aromatic carbocycles. The standard InChI is InChI=1S/C15H12N2O2/c1-19-15(18)14-12-9-5-6-10-13(12)17(16-14)11-7-3-2-4-8-11/h2-10H,1H3. The van der Waals surface area contributed by atoms with Gasteiger partial charge in [0.15, 0.2) is 5.69 Å². The second kappa shape index (κ2) is 4.57. The van der Waals surface area contributed by atoms with Crippen LogP contribution in [0.15, 0.2) is 54.6 Å². The van der Waals surface area contributed by atoms with Crippen LogP contribution in [-0.4, -0.2) is 22.9 Å². The minimum Gasteiger partial charge on any atom is -0.464 e. The van der Waals surface area contributed by atoms with Crippen molar-refractivity contribution in [1.29, 1.82) is 0 Å². The maximum absolute atomic E-state index is 11.8. The van der Waals surface area contributed by atoms with Gasteiger partial charge in [0, 0.05) is 5.39 Å². The van der Waals surface area contributed by atoms with Gasteiger partial charge in [0.05, 0.1) is 18.3 Å². The van der Waals surface area contributed by atoms with E-state index in [9.17, 15) is 4.79 Å². The van der Waals surface area contributed by atoms with Gasteiger partial charge in [0.2, 0.25) is 0 Å². The zero-order valence-corrected chi connectivity index (χ0v) is 10.4. The monoisotopic (exact) mass is 252 g/mol. The van der Waals surface area contributed by atoms with E-state index in [1.165, 1.54) is 7.11 Å². The van der Waals surface area contributed by atoms with Crippen molar-refractivity contribution in [2.45, 2.75) is 0 Å². The van der Waals surface area contributed by atoms with Gasteiger partial charge in [-0.15, -0.1) is 0 Å². The molecule has 3 rings (SSSR count). The zero-order chi connectivity index (χ0) is 13.2. The Balaban J connectivity index is 2.29. The zero-order valence-electron chi connectivity index (χ0n) is 10.4. The van der Waals surface area contributed by atoms with Crippen molar-refractivity contribution in [3.05, 3.63) is 60.3 Å². The fourth-order valence-corrected chi connectivity index (χ4v) is 2.08.